The summed E-state index contributed by atoms with van der Waals surface area (Å²) < 4.78 is 0. The lowest BCUT2D eigenvalue weighted by atomic mass is 10.2. The van der Waals surface area contributed by atoms with Crippen LogP contribution in [0.25, 0.3) is 0 Å². The summed E-state index contributed by atoms with van der Waals surface area (Å²) in [6, 6.07) is 0. The SMILES string of the molecule is C=CCNC(=S)N(CCN(C)C)CC(C)C. The summed E-state index contributed by atoms with van der Waals surface area (Å²) in [6.45, 7) is 11.8. The van der Waals surface area contributed by atoms with Crippen LogP contribution in [0.1, 0.15) is 13.8 Å². The Bertz CT molecular complexity index is 214. The molecule has 0 aromatic carbocycles. The molecule has 0 aliphatic heterocycles. The van der Waals surface area contributed by atoms with Crippen molar-refractivity contribution in [1.82, 2.24) is 15.1 Å². The molecule has 0 aromatic rings. The lowest BCUT2D eigenvalue weighted by Crippen LogP contribution is -2.44. The summed E-state index contributed by atoms with van der Waals surface area (Å²) in [5, 5.41) is 4.01. The van der Waals surface area contributed by atoms with Crippen molar-refractivity contribution in [3.05, 3.63) is 12.7 Å². The molecule has 0 heterocycles. The molecule has 0 aliphatic carbocycles. The van der Waals surface area contributed by atoms with Gasteiger partial charge in [-0.15, -0.1) is 6.58 Å². The van der Waals surface area contributed by atoms with E-state index in [0.29, 0.717) is 5.92 Å². The van der Waals surface area contributed by atoms with E-state index >= 15 is 0 Å². The van der Waals surface area contributed by atoms with Gasteiger partial charge in [0.15, 0.2) is 5.11 Å². The molecule has 0 atom stereocenters. The van der Waals surface area contributed by atoms with E-state index in [1.807, 2.05) is 6.08 Å². The van der Waals surface area contributed by atoms with Gasteiger partial charge in [0, 0.05) is 26.2 Å². The molecule has 4 heteroatoms. The molecule has 1 N–H and O–H groups in total. The Labute approximate surface area is 105 Å². The number of hydrogen-bond acceptors (Lipinski definition) is 2. The predicted molar refractivity (Wildman–Crippen MR) is 75.8 cm³/mol. The Morgan fingerprint density at radius 3 is 2.44 bits per heavy atom. The van der Waals surface area contributed by atoms with Gasteiger partial charge in [-0.25, -0.2) is 0 Å². The lowest BCUT2D eigenvalue weighted by Gasteiger charge is -2.28. The molecule has 0 amide bonds. The summed E-state index contributed by atoms with van der Waals surface area (Å²) in [6.07, 6.45) is 1.83. The zero-order valence-electron chi connectivity index (χ0n) is 11.0. The standard InChI is InChI=1S/C12H25N3S/c1-6-7-13-12(16)15(10-11(2)3)9-8-14(4)5/h6,11H,1,7-10H2,2-5H3,(H,13,16). The lowest BCUT2D eigenvalue weighted by molar-refractivity contribution is 0.305. The molecule has 0 aliphatic rings. The van der Waals surface area contributed by atoms with Crippen molar-refractivity contribution in [2.24, 2.45) is 5.92 Å². The van der Waals surface area contributed by atoms with Crippen molar-refractivity contribution in [3.63, 3.8) is 0 Å². The first-order valence-electron chi connectivity index (χ1n) is 5.75. The van der Waals surface area contributed by atoms with Crippen LogP contribution in [0.15, 0.2) is 12.7 Å². The fraction of sp³-hybridized carbons (Fsp3) is 0.750. The average molecular weight is 243 g/mol. The van der Waals surface area contributed by atoms with Crippen molar-refractivity contribution < 1.29 is 0 Å². The second-order valence-corrected chi connectivity index (χ2v) is 5.00. The molecule has 0 spiro atoms. The molecule has 94 valence electrons. The van der Waals surface area contributed by atoms with Crippen molar-refractivity contribution in [1.29, 1.82) is 0 Å². The van der Waals surface area contributed by atoms with Gasteiger partial charge in [0.1, 0.15) is 0 Å². The predicted octanol–water partition coefficient (Wildman–Crippen LogP) is 1.57. The van der Waals surface area contributed by atoms with Crippen LogP contribution in [0.2, 0.25) is 0 Å². The van der Waals surface area contributed by atoms with Gasteiger partial charge in [-0.1, -0.05) is 19.9 Å². The molecule has 0 saturated carbocycles. The first-order chi connectivity index (χ1) is 7.47. The Kier molecular flexibility index (Phi) is 8.21. The number of thiocarbonyl (C=S) groups is 1. The monoisotopic (exact) mass is 243 g/mol. The van der Waals surface area contributed by atoms with Crippen LogP contribution in [0, 0.1) is 5.92 Å². The molecule has 0 fully saturated rings. The minimum absolute atomic E-state index is 0.616. The molecule has 3 nitrogen and oxygen atoms in total. The largest absolute Gasteiger partial charge is 0.359 e. The molecule has 0 bridgehead atoms. The van der Waals surface area contributed by atoms with Crippen LogP contribution in [0.5, 0.6) is 0 Å². The van der Waals surface area contributed by atoms with Gasteiger partial charge in [0.2, 0.25) is 0 Å². The maximum atomic E-state index is 5.36. The maximum absolute atomic E-state index is 5.36. The van der Waals surface area contributed by atoms with Crippen LogP contribution in [-0.2, 0) is 0 Å². The van der Waals surface area contributed by atoms with Crippen molar-refractivity contribution in [3.8, 4) is 0 Å². The van der Waals surface area contributed by atoms with Gasteiger partial charge in [-0.2, -0.15) is 0 Å². The number of nitrogens with one attached hydrogen (secondary N) is 1. The molecule has 0 aromatic heterocycles. The summed E-state index contributed by atoms with van der Waals surface area (Å²) in [7, 11) is 4.15. The highest BCUT2D eigenvalue weighted by Gasteiger charge is 2.10. The van der Waals surface area contributed by atoms with Gasteiger partial charge in [-0.05, 0) is 32.2 Å². The highest BCUT2D eigenvalue weighted by molar-refractivity contribution is 7.80. The molecule has 0 saturated heterocycles. The normalized spacial score (nSPS) is 10.6. The summed E-state index contributed by atoms with van der Waals surface area (Å²) >= 11 is 5.36. The first kappa shape index (κ1) is 15.4. The Hall–Kier alpha value is -0.610. The van der Waals surface area contributed by atoms with Gasteiger partial charge in [0.05, 0.1) is 0 Å². The third-order valence-electron chi connectivity index (χ3n) is 2.09. The van der Waals surface area contributed by atoms with Crippen molar-refractivity contribution in [2.45, 2.75) is 13.8 Å². The van der Waals surface area contributed by atoms with Crippen LogP contribution in [0.4, 0.5) is 0 Å². The first-order valence-corrected chi connectivity index (χ1v) is 6.16. The highest BCUT2D eigenvalue weighted by atomic mass is 32.1. The van der Waals surface area contributed by atoms with Gasteiger partial charge in [0.25, 0.3) is 0 Å². The zero-order chi connectivity index (χ0) is 12.6. The van der Waals surface area contributed by atoms with Crippen molar-refractivity contribution in [2.75, 3.05) is 40.3 Å². The van der Waals surface area contributed by atoms with Gasteiger partial charge < -0.3 is 15.1 Å². The van der Waals surface area contributed by atoms with E-state index in [4.69, 9.17) is 12.2 Å². The molecule has 0 unspecified atom stereocenters. The van der Waals surface area contributed by atoms with E-state index in [9.17, 15) is 0 Å². The highest BCUT2D eigenvalue weighted by Crippen LogP contribution is 1.99. The summed E-state index contributed by atoms with van der Waals surface area (Å²) in [5.74, 6) is 0.616. The summed E-state index contributed by atoms with van der Waals surface area (Å²) in [4.78, 5) is 4.40. The Morgan fingerprint density at radius 1 is 1.38 bits per heavy atom. The zero-order valence-corrected chi connectivity index (χ0v) is 11.8. The smallest absolute Gasteiger partial charge is 0.169 e. The molecule has 0 radical (unpaired) electrons. The van der Waals surface area contributed by atoms with Crippen LogP contribution in [-0.4, -0.2) is 55.2 Å². The fourth-order valence-electron chi connectivity index (χ4n) is 1.31. The maximum Gasteiger partial charge on any atom is 0.169 e. The minimum atomic E-state index is 0.616. The number of likely N-dealkylation sites (N-methyl/N-ethyl adjacent to an activating group) is 1. The Balaban J connectivity index is 4.17. The van der Waals surface area contributed by atoms with E-state index in [1.54, 1.807) is 0 Å². The molecular weight excluding hydrogens is 218 g/mol. The van der Waals surface area contributed by atoms with E-state index in [2.05, 4.69) is 49.6 Å². The number of rotatable bonds is 7. The minimum Gasteiger partial charge on any atom is -0.359 e. The van der Waals surface area contributed by atoms with Crippen molar-refractivity contribution >= 4 is 17.3 Å². The third-order valence-corrected chi connectivity index (χ3v) is 2.49. The topological polar surface area (TPSA) is 18.5 Å². The van der Waals surface area contributed by atoms with E-state index in [-0.39, 0.29) is 0 Å². The van der Waals surface area contributed by atoms with E-state index < -0.39 is 0 Å². The van der Waals surface area contributed by atoms with Crippen LogP contribution < -0.4 is 5.32 Å². The Morgan fingerprint density at radius 2 is 2.00 bits per heavy atom. The molecule has 16 heavy (non-hydrogen) atoms. The van der Waals surface area contributed by atoms with Crippen LogP contribution in [0.3, 0.4) is 0 Å². The van der Waals surface area contributed by atoms with E-state index in [0.717, 1.165) is 31.3 Å². The number of hydrogen-bond donors (Lipinski definition) is 1. The average Bonchev–Trinajstić information content (AvgIpc) is 2.19. The number of nitrogens with zero attached hydrogens (tertiary/aromatic N) is 2. The third kappa shape index (κ3) is 7.65. The van der Waals surface area contributed by atoms with Crippen LogP contribution >= 0.6 is 12.2 Å². The quantitative estimate of drug-likeness (QED) is 0.540. The van der Waals surface area contributed by atoms with E-state index in [1.165, 1.54) is 0 Å². The second kappa shape index (κ2) is 8.53. The van der Waals surface area contributed by atoms with Gasteiger partial charge >= 0.3 is 0 Å². The molecule has 0 rings (SSSR count). The fourth-order valence-corrected chi connectivity index (χ4v) is 1.56. The molecular formula is C12H25N3S. The second-order valence-electron chi connectivity index (χ2n) is 4.62. The summed E-state index contributed by atoms with van der Waals surface area (Å²) in [5.41, 5.74) is 0. The van der Waals surface area contributed by atoms with Gasteiger partial charge in [-0.3, -0.25) is 0 Å².